The Balaban J connectivity index is 1.49. The summed E-state index contributed by atoms with van der Waals surface area (Å²) in [5.41, 5.74) is 2.94. The van der Waals surface area contributed by atoms with Crippen LogP contribution in [0, 0.1) is 0 Å². The summed E-state index contributed by atoms with van der Waals surface area (Å²) in [6.45, 7) is 0. The number of rotatable bonds is 7. The summed E-state index contributed by atoms with van der Waals surface area (Å²) in [6.07, 6.45) is 2.10. The highest BCUT2D eigenvalue weighted by Crippen LogP contribution is 2.21. The van der Waals surface area contributed by atoms with E-state index in [9.17, 15) is 9.59 Å². The van der Waals surface area contributed by atoms with Crippen molar-refractivity contribution in [2.45, 2.75) is 19.3 Å². The third kappa shape index (κ3) is 5.69. The zero-order valence-electron chi connectivity index (χ0n) is 15.3. The van der Waals surface area contributed by atoms with Crippen LogP contribution in [-0.2, 0) is 11.2 Å². The van der Waals surface area contributed by atoms with E-state index >= 15 is 0 Å². The smallest absolute Gasteiger partial charge is 0.255 e. The minimum atomic E-state index is -0.256. The Morgan fingerprint density at radius 2 is 1.46 bits per heavy atom. The highest BCUT2D eigenvalue weighted by Gasteiger charge is 2.09. The molecule has 0 bridgehead atoms. The molecule has 3 aromatic carbocycles. The van der Waals surface area contributed by atoms with Crippen molar-refractivity contribution < 1.29 is 9.59 Å². The minimum absolute atomic E-state index is 0.0378. The Labute approximate surface area is 169 Å². The van der Waals surface area contributed by atoms with Gasteiger partial charge in [-0.25, -0.2) is 0 Å². The van der Waals surface area contributed by atoms with Crippen LogP contribution in [0.5, 0.6) is 0 Å². The lowest BCUT2D eigenvalue weighted by molar-refractivity contribution is -0.116. The minimum Gasteiger partial charge on any atom is -0.326 e. The van der Waals surface area contributed by atoms with Crippen LogP contribution in [0.3, 0.4) is 0 Å². The third-order valence-electron chi connectivity index (χ3n) is 4.27. The number of halogens is 1. The quantitative estimate of drug-likeness (QED) is 0.553. The van der Waals surface area contributed by atoms with Crippen molar-refractivity contribution in [1.82, 2.24) is 0 Å². The van der Waals surface area contributed by atoms with Gasteiger partial charge >= 0.3 is 0 Å². The molecule has 2 N–H and O–H groups in total. The lowest BCUT2D eigenvalue weighted by Gasteiger charge is -2.09. The second-order valence-corrected chi connectivity index (χ2v) is 6.81. The van der Waals surface area contributed by atoms with E-state index in [1.54, 1.807) is 48.5 Å². The van der Waals surface area contributed by atoms with Gasteiger partial charge in [-0.15, -0.1) is 0 Å². The average Bonchev–Trinajstić information content (AvgIpc) is 2.71. The monoisotopic (exact) mass is 392 g/mol. The number of aryl methyl sites for hydroxylation is 1. The molecule has 0 aliphatic heterocycles. The Bertz CT molecular complexity index is 940. The number of hydrogen-bond acceptors (Lipinski definition) is 2. The fourth-order valence-electron chi connectivity index (χ4n) is 2.78. The molecule has 0 saturated heterocycles. The van der Waals surface area contributed by atoms with Gasteiger partial charge in [0.05, 0.1) is 10.7 Å². The first-order valence-electron chi connectivity index (χ1n) is 9.11. The van der Waals surface area contributed by atoms with E-state index in [0.29, 0.717) is 28.4 Å². The second-order valence-electron chi connectivity index (χ2n) is 6.40. The molecule has 0 fully saturated rings. The molecule has 0 spiro atoms. The van der Waals surface area contributed by atoms with Gasteiger partial charge in [0.25, 0.3) is 5.91 Å². The summed E-state index contributed by atoms with van der Waals surface area (Å²) < 4.78 is 0. The van der Waals surface area contributed by atoms with Crippen molar-refractivity contribution in [3.63, 3.8) is 0 Å². The summed E-state index contributed by atoms with van der Waals surface area (Å²) in [4.78, 5) is 24.4. The molecule has 3 aromatic rings. The normalized spacial score (nSPS) is 10.3. The van der Waals surface area contributed by atoms with Crippen molar-refractivity contribution in [2.24, 2.45) is 0 Å². The topological polar surface area (TPSA) is 58.2 Å². The van der Waals surface area contributed by atoms with Crippen molar-refractivity contribution in [3.8, 4) is 0 Å². The van der Waals surface area contributed by atoms with E-state index in [4.69, 9.17) is 11.6 Å². The predicted molar refractivity (Wildman–Crippen MR) is 114 cm³/mol. The van der Waals surface area contributed by atoms with Gasteiger partial charge in [0.15, 0.2) is 0 Å². The molecule has 0 heterocycles. The largest absolute Gasteiger partial charge is 0.326 e. The summed E-state index contributed by atoms with van der Waals surface area (Å²) in [5, 5.41) is 6.12. The SMILES string of the molecule is O=C(CCCc1ccccc1)Nc1ccc(C(=O)Nc2ccccc2Cl)cc1. The van der Waals surface area contributed by atoms with Gasteiger partial charge in [0, 0.05) is 17.7 Å². The average molecular weight is 393 g/mol. The lowest BCUT2D eigenvalue weighted by atomic mass is 10.1. The van der Waals surface area contributed by atoms with Gasteiger partial charge < -0.3 is 10.6 Å². The van der Waals surface area contributed by atoms with Gasteiger partial charge in [-0.2, -0.15) is 0 Å². The van der Waals surface area contributed by atoms with Crippen LogP contribution in [0.1, 0.15) is 28.8 Å². The summed E-state index contributed by atoms with van der Waals surface area (Å²) in [6, 6.07) is 23.9. The van der Waals surface area contributed by atoms with Crippen LogP contribution >= 0.6 is 11.6 Å². The van der Waals surface area contributed by atoms with Crippen molar-refractivity contribution in [3.05, 3.63) is 95.0 Å². The molecule has 5 heteroatoms. The predicted octanol–water partition coefficient (Wildman–Crippen LogP) is 5.55. The maximum absolute atomic E-state index is 12.3. The van der Waals surface area contributed by atoms with Crippen LogP contribution in [0.2, 0.25) is 5.02 Å². The highest BCUT2D eigenvalue weighted by molar-refractivity contribution is 6.33. The standard InChI is InChI=1S/C23H21ClN2O2/c24-20-10-4-5-11-21(20)26-23(28)18-13-15-19(16-14-18)25-22(27)12-6-9-17-7-2-1-3-8-17/h1-5,7-8,10-11,13-16H,6,9,12H2,(H,25,27)(H,26,28). The van der Waals surface area contributed by atoms with Crippen molar-refractivity contribution >= 4 is 34.8 Å². The summed E-state index contributed by atoms with van der Waals surface area (Å²) in [5.74, 6) is -0.293. The lowest BCUT2D eigenvalue weighted by Crippen LogP contribution is -2.13. The molecule has 4 nitrogen and oxygen atoms in total. The zero-order valence-corrected chi connectivity index (χ0v) is 16.1. The number of carbonyl (C=O) groups excluding carboxylic acids is 2. The van der Waals surface area contributed by atoms with Crippen LogP contribution in [0.4, 0.5) is 11.4 Å². The first-order chi connectivity index (χ1) is 13.6. The molecule has 0 aliphatic rings. The molecular formula is C23H21ClN2O2. The molecule has 0 aliphatic carbocycles. The molecule has 28 heavy (non-hydrogen) atoms. The first-order valence-corrected chi connectivity index (χ1v) is 9.49. The van der Waals surface area contributed by atoms with E-state index in [1.165, 1.54) is 5.56 Å². The molecule has 0 unspecified atom stereocenters. The summed E-state index contributed by atoms with van der Waals surface area (Å²) >= 11 is 6.06. The number of para-hydroxylation sites is 1. The van der Waals surface area contributed by atoms with E-state index in [1.807, 2.05) is 18.2 Å². The molecule has 0 aromatic heterocycles. The van der Waals surface area contributed by atoms with Gasteiger partial charge in [-0.05, 0) is 54.8 Å². The van der Waals surface area contributed by atoms with Crippen molar-refractivity contribution in [1.29, 1.82) is 0 Å². The van der Waals surface area contributed by atoms with Gasteiger partial charge in [0.1, 0.15) is 0 Å². The highest BCUT2D eigenvalue weighted by atomic mass is 35.5. The molecule has 142 valence electrons. The van der Waals surface area contributed by atoms with Crippen LogP contribution in [-0.4, -0.2) is 11.8 Å². The molecule has 2 amide bonds. The molecule has 0 atom stereocenters. The van der Waals surface area contributed by atoms with E-state index in [2.05, 4.69) is 22.8 Å². The van der Waals surface area contributed by atoms with Crippen molar-refractivity contribution in [2.75, 3.05) is 10.6 Å². The van der Waals surface area contributed by atoms with Gasteiger partial charge in [0.2, 0.25) is 5.91 Å². The Morgan fingerprint density at radius 3 is 2.18 bits per heavy atom. The van der Waals surface area contributed by atoms with Gasteiger partial charge in [-0.3, -0.25) is 9.59 Å². The maximum atomic E-state index is 12.3. The van der Waals surface area contributed by atoms with Crippen LogP contribution < -0.4 is 10.6 Å². The Hall–Kier alpha value is -3.11. The summed E-state index contributed by atoms with van der Waals surface area (Å²) in [7, 11) is 0. The molecule has 0 radical (unpaired) electrons. The number of amides is 2. The zero-order chi connectivity index (χ0) is 19.8. The second kappa shape index (κ2) is 9.72. The Kier molecular flexibility index (Phi) is 6.82. The van der Waals surface area contributed by atoms with Crippen LogP contribution in [0.15, 0.2) is 78.9 Å². The fraction of sp³-hybridized carbons (Fsp3) is 0.130. The molecule has 3 rings (SSSR count). The molecule has 0 saturated carbocycles. The van der Waals surface area contributed by atoms with E-state index in [0.717, 1.165) is 12.8 Å². The number of benzene rings is 3. The number of hydrogen-bond donors (Lipinski definition) is 2. The molecular weight excluding hydrogens is 372 g/mol. The van der Waals surface area contributed by atoms with Crippen LogP contribution in [0.25, 0.3) is 0 Å². The van der Waals surface area contributed by atoms with E-state index in [-0.39, 0.29) is 11.8 Å². The maximum Gasteiger partial charge on any atom is 0.255 e. The fourth-order valence-corrected chi connectivity index (χ4v) is 2.97. The third-order valence-corrected chi connectivity index (χ3v) is 4.59. The first kappa shape index (κ1) is 19.6. The number of anilines is 2. The van der Waals surface area contributed by atoms with E-state index < -0.39 is 0 Å². The van der Waals surface area contributed by atoms with Gasteiger partial charge in [-0.1, -0.05) is 54.1 Å². The Morgan fingerprint density at radius 1 is 0.786 bits per heavy atom. The number of carbonyl (C=O) groups is 2. The number of nitrogens with one attached hydrogen (secondary N) is 2.